The summed E-state index contributed by atoms with van der Waals surface area (Å²) in [6.07, 6.45) is 1.63. The highest BCUT2D eigenvalue weighted by atomic mass is 16.3. The second-order valence-corrected chi connectivity index (χ2v) is 20.1. The Kier molecular flexibility index (Phi) is 8.76. The SMILES string of the molecule is [2H]C([2H])([2H])c1cc(-c2cc(C([2H])(C)C)cc(C([2H])(C)C)c2)ccc1-n1c(-c2cc(C(C)C)cc(C(C)C)c2O)nc2c(-c3cc(-c4cc(-c5ccc(C(C([2H])([2H])[2H])(C([2H])([2H])[2H])C([2H])([2H])[2H])cc5)ccn4)cc(C(C)(C)C)c3)cccc21. The Balaban J connectivity index is 1.37. The number of aromatic hydroxyl groups is 1. The summed E-state index contributed by atoms with van der Waals surface area (Å²) in [5, 5.41) is 12.4. The van der Waals surface area contributed by atoms with E-state index in [0.717, 1.165) is 27.8 Å². The van der Waals surface area contributed by atoms with Crippen molar-refractivity contribution in [1.82, 2.24) is 14.5 Å². The normalized spacial score (nSPS) is 16.6. The molecule has 4 heteroatoms. The Bertz CT molecular complexity index is 3600. The van der Waals surface area contributed by atoms with Crippen LogP contribution < -0.4 is 0 Å². The van der Waals surface area contributed by atoms with Crippen molar-refractivity contribution in [3.05, 3.63) is 166 Å². The van der Waals surface area contributed by atoms with E-state index in [1.54, 1.807) is 52.1 Å². The maximum absolute atomic E-state index is 12.4. The number of benzene rings is 6. The molecule has 0 aliphatic heterocycles. The largest absolute Gasteiger partial charge is 0.507 e. The van der Waals surface area contributed by atoms with Crippen LogP contribution >= 0.6 is 0 Å². The molecule has 2 aromatic heterocycles. The molecule has 0 aliphatic rings. The van der Waals surface area contributed by atoms with Crippen molar-refractivity contribution in [2.45, 2.75) is 138 Å². The first-order valence-corrected chi connectivity index (χ1v) is 23.1. The number of hydrogen-bond donors (Lipinski definition) is 1. The average Bonchev–Trinajstić information content (AvgIpc) is 4.00. The molecule has 0 amide bonds. The predicted molar refractivity (Wildman–Crippen MR) is 286 cm³/mol. The molecule has 8 rings (SSSR count). The van der Waals surface area contributed by atoms with Crippen molar-refractivity contribution in [3.63, 3.8) is 0 Å². The van der Waals surface area contributed by atoms with Gasteiger partial charge >= 0.3 is 0 Å². The Hall–Kier alpha value is -6.26. The highest BCUT2D eigenvalue weighted by Crippen LogP contribution is 2.44. The minimum absolute atomic E-state index is 0.0283. The molecule has 0 fully saturated rings. The predicted octanol–water partition coefficient (Wildman–Crippen LogP) is 17.9. The van der Waals surface area contributed by atoms with Gasteiger partial charge in [-0.3, -0.25) is 9.55 Å². The lowest BCUT2D eigenvalue weighted by atomic mass is 9.83. The van der Waals surface area contributed by atoms with Gasteiger partial charge in [-0.15, -0.1) is 0 Å². The average molecular weight is 900 g/mol. The van der Waals surface area contributed by atoms with Gasteiger partial charge in [-0.2, -0.15) is 0 Å². The molecule has 344 valence electrons. The zero-order valence-electron chi connectivity index (χ0n) is 54.6. The van der Waals surface area contributed by atoms with Crippen molar-refractivity contribution >= 4 is 11.0 Å². The highest BCUT2D eigenvalue weighted by molar-refractivity contribution is 5.97. The van der Waals surface area contributed by atoms with Crippen LogP contribution in [0.3, 0.4) is 0 Å². The van der Waals surface area contributed by atoms with Crippen LogP contribution in [0.15, 0.2) is 128 Å². The number of pyridine rings is 1. The summed E-state index contributed by atoms with van der Waals surface area (Å²) in [5.41, 5.74) is 7.28. The molecule has 0 saturated carbocycles. The van der Waals surface area contributed by atoms with E-state index in [1.165, 1.54) is 24.3 Å². The molecule has 0 aliphatic carbocycles. The Labute approximate surface area is 420 Å². The van der Waals surface area contributed by atoms with Crippen molar-refractivity contribution in [3.8, 4) is 67.5 Å². The van der Waals surface area contributed by atoms with Crippen LogP contribution in [0.2, 0.25) is 0 Å². The van der Waals surface area contributed by atoms with Gasteiger partial charge in [0.1, 0.15) is 11.6 Å². The van der Waals surface area contributed by atoms with Crippen molar-refractivity contribution in [1.29, 1.82) is 0 Å². The van der Waals surface area contributed by atoms with Gasteiger partial charge in [0.05, 0.1) is 28.0 Å². The van der Waals surface area contributed by atoms with Crippen LogP contribution in [0.25, 0.3) is 72.7 Å². The molecular weight excluding hydrogens is 815 g/mol. The zero-order chi connectivity index (χ0) is 60.1. The first-order valence-electron chi connectivity index (χ1n) is 30.1. The first-order chi connectivity index (χ1) is 37.1. The number of nitrogens with zero attached hydrogens (tertiary/aromatic N) is 3. The van der Waals surface area contributed by atoms with E-state index in [4.69, 9.17) is 29.2 Å². The molecule has 6 aromatic carbocycles. The Morgan fingerprint density at radius 3 is 1.87 bits per heavy atom. The second kappa shape index (κ2) is 18.1. The number of phenols is 1. The maximum atomic E-state index is 12.4. The van der Waals surface area contributed by atoms with Crippen LogP contribution in [-0.2, 0) is 10.8 Å². The van der Waals surface area contributed by atoms with Gasteiger partial charge in [-0.25, -0.2) is 4.98 Å². The Morgan fingerprint density at radius 2 is 1.24 bits per heavy atom. The summed E-state index contributed by atoms with van der Waals surface area (Å²) < 4.78 is 121. The number of rotatable bonds is 10. The lowest BCUT2D eigenvalue weighted by Gasteiger charge is -2.22. The third kappa shape index (κ3) is 9.51. The number of hydrogen-bond acceptors (Lipinski definition) is 3. The van der Waals surface area contributed by atoms with Crippen LogP contribution in [-0.4, -0.2) is 19.6 Å². The molecule has 0 unspecified atom stereocenters. The fraction of sp³-hybridized carbons (Fsp3) is 0.333. The Morgan fingerprint density at radius 1 is 0.567 bits per heavy atom. The number of imidazole rings is 1. The maximum Gasteiger partial charge on any atom is 0.149 e. The fourth-order valence-electron chi connectivity index (χ4n) is 8.71. The summed E-state index contributed by atoms with van der Waals surface area (Å²) in [6.45, 7) is 8.74. The summed E-state index contributed by atoms with van der Waals surface area (Å²) in [7, 11) is 0. The molecule has 0 bridgehead atoms. The van der Waals surface area contributed by atoms with Crippen LogP contribution in [0.5, 0.6) is 5.75 Å². The third-order valence-corrected chi connectivity index (χ3v) is 12.9. The monoisotopic (exact) mass is 900 g/mol. The zero-order valence-corrected chi connectivity index (χ0v) is 40.6. The van der Waals surface area contributed by atoms with Gasteiger partial charge in [0.15, 0.2) is 0 Å². The molecule has 0 radical (unpaired) electrons. The molecule has 4 nitrogen and oxygen atoms in total. The number of aryl methyl sites for hydroxylation is 1. The van der Waals surface area contributed by atoms with Gasteiger partial charge in [0, 0.05) is 36.5 Å². The van der Waals surface area contributed by atoms with Gasteiger partial charge in [-0.1, -0.05) is 170 Å². The molecule has 67 heavy (non-hydrogen) atoms. The number of fused-ring (bicyclic) bond motifs is 1. The standard InChI is InChI=1S/C63H71N3O/c1-37(2)45-28-46(38(3)4)30-48(29-45)43-21-24-57(41(9)27-43)66-58-18-16-17-53(59(58)65-61(66)55-35-47(39(5)6)34-54(40(7)8)60(55)67)49-31-50(33-52(32-49)63(13,14)15)56-36-44(25-26-64-56)42-19-22-51(23-20-42)62(10,11)12/h16-40,67H,1-15H3/i9D3,10D3,11D3,12D3,37D,38D. The molecule has 1 N–H and O–H groups in total. The molecule has 2 heterocycles. The summed E-state index contributed by atoms with van der Waals surface area (Å²) in [6, 6.07) is 36.0. The molecule has 0 spiro atoms. The third-order valence-electron chi connectivity index (χ3n) is 12.9. The van der Waals surface area contributed by atoms with Crippen molar-refractivity contribution < 1.29 is 24.3 Å². The van der Waals surface area contributed by atoms with Crippen LogP contribution in [0.1, 0.15) is 178 Å². The summed E-state index contributed by atoms with van der Waals surface area (Å²) in [4.78, 5) is 10.3. The van der Waals surface area contributed by atoms with Gasteiger partial charge in [0.25, 0.3) is 0 Å². The van der Waals surface area contributed by atoms with E-state index in [0.29, 0.717) is 72.7 Å². The van der Waals surface area contributed by atoms with E-state index in [-0.39, 0.29) is 28.7 Å². The molecular formula is C63H71N3O. The van der Waals surface area contributed by atoms with E-state index >= 15 is 0 Å². The van der Waals surface area contributed by atoms with Crippen LogP contribution in [0.4, 0.5) is 0 Å². The summed E-state index contributed by atoms with van der Waals surface area (Å²) >= 11 is 0. The van der Waals surface area contributed by atoms with E-state index in [2.05, 4.69) is 46.8 Å². The molecule has 0 saturated heterocycles. The number of para-hydroxylation sites is 1. The fourth-order valence-corrected chi connectivity index (χ4v) is 8.71. The quantitative estimate of drug-likeness (QED) is 0.149. The number of aromatic nitrogens is 3. The minimum atomic E-state index is -3.40. The first kappa shape index (κ1) is 32.4. The van der Waals surface area contributed by atoms with Gasteiger partial charge in [-0.05, 0) is 157 Å². The smallest absolute Gasteiger partial charge is 0.149 e. The van der Waals surface area contributed by atoms with Crippen molar-refractivity contribution in [2.24, 2.45) is 0 Å². The van der Waals surface area contributed by atoms with Crippen LogP contribution in [0, 0.1) is 6.85 Å². The lowest BCUT2D eigenvalue weighted by molar-refractivity contribution is 0.466. The van der Waals surface area contributed by atoms with Crippen molar-refractivity contribution in [2.75, 3.05) is 0 Å². The van der Waals surface area contributed by atoms with Gasteiger partial charge in [0.2, 0.25) is 0 Å². The topological polar surface area (TPSA) is 50.9 Å². The minimum Gasteiger partial charge on any atom is -0.507 e. The van der Waals surface area contributed by atoms with E-state index < -0.39 is 50.0 Å². The summed E-state index contributed by atoms with van der Waals surface area (Å²) in [5.74, 6) is -1.68. The number of phenolic OH excluding ortho intramolecular Hbond substituents is 1. The van der Waals surface area contributed by atoms with E-state index in [1.807, 2.05) is 85.1 Å². The highest BCUT2D eigenvalue weighted by Gasteiger charge is 2.26. The molecule has 8 aromatic rings. The molecule has 0 atom stereocenters. The van der Waals surface area contributed by atoms with E-state index in [9.17, 15) is 5.11 Å². The second-order valence-electron chi connectivity index (χ2n) is 20.1. The lowest BCUT2D eigenvalue weighted by Crippen LogP contribution is -2.11. The van der Waals surface area contributed by atoms with Gasteiger partial charge < -0.3 is 5.11 Å².